The van der Waals surface area contributed by atoms with Gasteiger partial charge in [0, 0.05) is 32.4 Å². The fraction of sp³-hybridized carbons (Fsp3) is 0.250. The molecule has 2 aromatic heterocycles. The minimum Gasteiger partial charge on any atom is -0.353 e. The number of para-hydroxylation sites is 3. The van der Waals surface area contributed by atoms with Crippen LogP contribution in [0.25, 0.3) is 16.6 Å². The van der Waals surface area contributed by atoms with Gasteiger partial charge in [0.25, 0.3) is 0 Å². The Kier molecular flexibility index (Phi) is 5.32. The van der Waals surface area contributed by atoms with E-state index in [2.05, 4.69) is 14.6 Å². The molecular formula is C24H22F3N5O. The van der Waals surface area contributed by atoms with Crippen molar-refractivity contribution < 1.29 is 18.0 Å². The number of carbonyl (C=O) groups excluding carboxylic acids is 1. The summed E-state index contributed by atoms with van der Waals surface area (Å²) in [5.74, 6) is 0.836. The molecule has 2 amide bonds. The smallest absolute Gasteiger partial charge is 0.353 e. The Morgan fingerprint density at radius 3 is 2.48 bits per heavy atom. The Balaban J connectivity index is 1.36. The fourth-order valence-corrected chi connectivity index (χ4v) is 4.31. The largest absolute Gasteiger partial charge is 0.418 e. The second-order valence-electron chi connectivity index (χ2n) is 7.99. The van der Waals surface area contributed by atoms with Crippen molar-refractivity contribution in [2.24, 2.45) is 0 Å². The lowest BCUT2D eigenvalue weighted by molar-refractivity contribution is -0.136. The number of benzene rings is 2. The first-order chi connectivity index (χ1) is 15.9. The third-order valence-corrected chi connectivity index (χ3v) is 5.90. The maximum Gasteiger partial charge on any atom is 0.418 e. The molecule has 2 aromatic carbocycles. The summed E-state index contributed by atoms with van der Waals surface area (Å²) in [7, 11) is 0. The molecule has 3 heterocycles. The van der Waals surface area contributed by atoms with Gasteiger partial charge in [-0.1, -0.05) is 24.3 Å². The molecule has 1 aliphatic heterocycles. The fourth-order valence-electron chi connectivity index (χ4n) is 4.31. The normalized spacial score (nSPS) is 15.1. The summed E-state index contributed by atoms with van der Waals surface area (Å²) in [6.07, 6.45) is -1.86. The molecule has 1 aliphatic rings. The van der Waals surface area contributed by atoms with Gasteiger partial charge in [-0.15, -0.1) is 0 Å². The lowest BCUT2D eigenvalue weighted by Crippen LogP contribution is -2.38. The zero-order chi connectivity index (χ0) is 23.0. The highest BCUT2D eigenvalue weighted by Crippen LogP contribution is 2.34. The molecule has 0 spiro atoms. The first-order valence-corrected chi connectivity index (χ1v) is 10.7. The van der Waals surface area contributed by atoms with Crippen LogP contribution in [-0.2, 0) is 6.18 Å². The number of anilines is 2. The van der Waals surface area contributed by atoms with Gasteiger partial charge >= 0.3 is 12.2 Å². The van der Waals surface area contributed by atoms with E-state index in [1.807, 2.05) is 42.6 Å². The third-order valence-electron chi connectivity index (χ3n) is 5.90. The molecule has 0 bridgehead atoms. The maximum absolute atomic E-state index is 13.3. The van der Waals surface area contributed by atoms with Crippen LogP contribution in [0.1, 0.15) is 12.0 Å². The first kappa shape index (κ1) is 21.1. The number of fused-ring (bicyclic) bond motifs is 3. The molecule has 5 rings (SSSR count). The van der Waals surface area contributed by atoms with Crippen LogP contribution in [0, 0.1) is 0 Å². The number of halogens is 3. The van der Waals surface area contributed by atoms with E-state index >= 15 is 0 Å². The van der Waals surface area contributed by atoms with E-state index in [0.29, 0.717) is 32.6 Å². The van der Waals surface area contributed by atoms with Crippen LogP contribution >= 0.6 is 0 Å². The summed E-state index contributed by atoms with van der Waals surface area (Å²) < 4.78 is 41.9. The molecule has 0 atom stereocenters. The van der Waals surface area contributed by atoms with Crippen molar-refractivity contribution in [1.82, 2.24) is 14.3 Å². The van der Waals surface area contributed by atoms with Gasteiger partial charge in [-0.05, 0) is 42.8 Å². The van der Waals surface area contributed by atoms with E-state index < -0.39 is 17.8 Å². The van der Waals surface area contributed by atoms with E-state index in [4.69, 9.17) is 4.98 Å². The van der Waals surface area contributed by atoms with Crippen molar-refractivity contribution in [2.45, 2.75) is 12.6 Å². The summed E-state index contributed by atoms with van der Waals surface area (Å²) in [5, 5.41) is 2.45. The van der Waals surface area contributed by atoms with Crippen LogP contribution in [0.4, 0.5) is 29.5 Å². The van der Waals surface area contributed by atoms with Gasteiger partial charge in [0.1, 0.15) is 0 Å². The molecule has 1 fully saturated rings. The number of hydrogen-bond acceptors (Lipinski definition) is 3. The predicted molar refractivity (Wildman–Crippen MR) is 122 cm³/mol. The molecule has 170 valence electrons. The highest BCUT2D eigenvalue weighted by molar-refractivity contribution is 5.90. The molecule has 0 radical (unpaired) electrons. The lowest BCUT2D eigenvalue weighted by Gasteiger charge is -2.24. The van der Waals surface area contributed by atoms with E-state index in [1.54, 1.807) is 4.90 Å². The summed E-state index contributed by atoms with van der Waals surface area (Å²) >= 11 is 0. The van der Waals surface area contributed by atoms with E-state index in [9.17, 15) is 18.0 Å². The van der Waals surface area contributed by atoms with E-state index in [-0.39, 0.29) is 5.69 Å². The molecule has 33 heavy (non-hydrogen) atoms. The topological polar surface area (TPSA) is 52.9 Å². The molecule has 1 saturated heterocycles. The van der Waals surface area contributed by atoms with E-state index in [1.165, 1.54) is 18.2 Å². The minimum absolute atomic E-state index is 0.234. The molecule has 4 aromatic rings. The zero-order valence-electron chi connectivity index (χ0n) is 17.7. The zero-order valence-corrected chi connectivity index (χ0v) is 17.7. The number of carbonyl (C=O) groups is 1. The number of nitrogens with zero attached hydrogens (tertiary/aromatic N) is 4. The SMILES string of the molecule is O=C(Nc1ccccc1C(F)(F)F)N1CCCN(c2nc3ccccc3n3cccc23)CC1. The van der Waals surface area contributed by atoms with Gasteiger partial charge in [0.15, 0.2) is 5.82 Å². The number of urea groups is 1. The highest BCUT2D eigenvalue weighted by atomic mass is 19.4. The number of hydrogen-bond donors (Lipinski definition) is 1. The van der Waals surface area contributed by atoms with Crippen LogP contribution in [0.3, 0.4) is 0 Å². The Morgan fingerprint density at radius 1 is 0.879 bits per heavy atom. The standard InChI is InChI=1S/C24H22F3N5O/c25-24(26,27)17-7-1-2-8-18(17)29-23(33)31-13-6-12-30(15-16-31)22-21-11-5-14-32(21)20-10-4-3-9-19(20)28-22/h1-5,7-11,14H,6,12-13,15-16H2,(H,29,33). The van der Waals surface area contributed by atoms with Crippen molar-refractivity contribution >= 4 is 34.1 Å². The second kappa shape index (κ2) is 8.31. The van der Waals surface area contributed by atoms with Crippen molar-refractivity contribution in [2.75, 3.05) is 36.4 Å². The average molecular weight is 453 g/mol. The molecule has 0 saturated carbocycles. The number of nitrogens with one attached hydrogen (secondary N) is 1. The maximum atomic E-state index is 13.3. The quantitative estimate of drug-likeness (QED) is 0.451. The molecular weight excluding hydrogens is 431 g/mol. The second-order valence-corrected chi connectivity index (χ2v) is 7.99. The lowest BCUT2D eigenvalue weighted by atomic mass is 10.1. The van der Waals surface area contributed by atoms with Crippen molar-refractivity contribution in [3.05, 3.63) is 72.4 Å². The number of rotatable bonds is 2. The molecule has 0 unspecified atom stereocenters. The Morgan fingerprint density at radius 2 is 1.64 bits per heavy atom. The Bertz CT molecular complexity index is 1320. The number of amides is 2. The summed E-state index contributed by atoms with van der Waals surface area (Å²) in [6.45, 7) is 2.04. The molecule has 1 N–H and O–H groups in total. The molecule has 6 nitrogen and oxygen atoms in total. The monoisotopic (exact) mass is 453 g/mol. The van der Waals surface area contributed by atoms with Gasteiger partial charge in [-0.25, -0.2) is 9.78 Å². The van der Waals surface area contributed by atoms with Gasteiger partial charge in [-0.3, -0.25) is 0 Å². The predicted octanol–water partition coefficient (Wildman–Crippen LogP) is 5.25. The van der Waals surface area contributed by atoms with Crippen LogP contribution in [0.15, 0.2) is 66.9 Å². The van der Waals surface area contributed by atoms with Crippen LogP contribution in [0.2, 0.25) is 0 Å². The third kappa shape index (κ3) is 4.06. The van der Waals surface area contributed by atoms with Crippen LogP contribution in [-0.4, -0.2) is 46.5 Å². The summed E-state index contributed by atoms with van der Waals surface area (Å²) in [6, 6.07) is 16.4. The Labute approximate surface area is 188 Å². The summed E-state index contributed by atoms with van der Waals surface area (Å²) in [5.41, 5.74) is 1.78. The van der Waals surface area contributed by atoms with Crippen LogP contribution in [0.5, 0.6) is 0 Å². The van der Waals surface area contributed by atoms with Gasteiger partial charge in [0.2, 0.25) is 0 Å². The van der Waals surface area contributed by atoms with Gasteiger partial charge in [-0.2, -0.15) is 13.2 Å². The Hall–Kier alpha value is -3.75. The van der Waals surface area contributed by atoms with Gasteiger partial charge in [0.05, 0.1) is 27.8 Å². The first-order valence-electron chi connectivity index (χ1n) is 10.7. The highest BCUT2D eigenvalue weighted by Gasteiger charge is 2.34. The molecule has 0 aliphatic carbocycles. The number of alkyl halides is 3. The van der Waals surface area contributed by atoms with Crippen molar-refractivity contribution in [3.8, 4) is 0 Å². The average Bonchev–Trinajstić information content (AvgIpc) is 3.16. The van der Waals surface area contributed by atoms with Gasteiger partial charge < -0.3 is 19.5 Å². The van der Waals surface area contributed by atoms with Crippen molar-refractivity contribution in [3.63, 3.8) is 0 Å². The minimum atomic E-state index is -4.54. The van der Waals surface area contributed by atoms with Crippen LogP contribution < -0.4 is 10.2 Å². The summed E-state index contributed by atoms with van der Waals surface area (Å²) in [4.78, 5) is 21.4. The van der Waals surface area contributed by atoms with E-state index in [0.717, 1.165) is 28.4 Å². The van der Waals surface area contributed by atoms with Crippen molar-refractivity contribution in [1.29, 1.82) is 0 Å². The number of aromatic nitrogens is 2. The molecule has 9 heteroatoms.